The summed E-state index contributed by atoms with van der Waals surface area (Å²) in [7, 11) is 0. The van der Waals surface area contributed by atoms with E-state index >= 15 is 0 Å². The van der Waals surface area contributed by atoms with Gasteiger partial charge in [0.15, 0.2) is 0 Å². The number of allylic oxidation sites excluding steroid dienone is 3. The van der Waals surface area contributed by atoms with Crippen LogP contribution in [0, 0.1) is 17.8 Å². The monoisotopic (exact) mass is 437 g/mol. The Bertz CT molecular complexity index is 961. The number of nitrogens with zero attached hydrogens (tertiary/aromatic N) is 3. The largest absolute Gasteiger partial charge is 0.383 e. The first-order valence-corrected chi connectivity index (χ1v) is 10.9. The molecule has 1 atom stereocenters. The number of Topliss-reactive ketones (excluding diaryl/α,β-unsaturated/α-hetero) is 1. The molecular formula is C25H35N5O2. The summed E-state index contributed by atoms with van der Waals surface area (Å²) in [6.45, 7) is 15.7. The van der Waals surface area contributed by atoms with E-state index in [1.807, 2.05) is 6.92 Å². The molecule has 0 aromatic carbocycles. The molecule has 7 heteroatoms. The molecule has 0 aliphatic carbocycles. The first kappa shape index (κ1) is 25.3. The summed E-state index contributed by atoms with van der Waals surface area (Å²) in [5, 5.41) is 13.6. The third-order valence-electron chi connectivity index (χ3n) is 5.00. The van der Waals surface area contributed by atoms with Crippen LogP contribution in [0.15, 0.2) is 47.2 Å². The molecule has 2 heterocycles. The van der Waals surface area contributed by atoms with Crippen LogP contribution >= 0.6 is 0 Å². The number of rotatable bonds is 6. The Hall–Kier alpha value is -2.95. The van der Waals surface area contributed by atoms with Gasteiger partial charge in [-0.25, -0.2) is 9.98 Å². The number of piperazine rings is 1. The summed E-state index contributed by atoms with van der Waals surface area (Å²) in [5.41, 5.74) is 5.44. The van der Waals surface area contributed by atoms with Gasteiger partial charge in [0, 0.05) is 31.9 Å². The van der Waals surface area contributed by atoms with E-state index in [1.165, 1.54) is 12.3 Å². The van der Waals surface area contributed by atoms with Gasteiger partial charge in [-0.15, -0.1) is 0 Å². The van der Waals surface area contributed by atoms with Gasteiger partial charge in [-0.2, -0.15) is 0 Å². The molecule has 0 radical (unpaired) electrons. The molecule has 2 rings (SSSR count). The number of carbonyl (C=O) groups excluding carboxylic acids is 1. The molecule has 32 heavy (non-hydrogen) atoms. The molecule has 1 fully saturated rings. The topological polar surface area (TPSA) is 104 Å². The van der Waals surface area contributed by atoms with Gasteiger partial charge in [0.1, 0.15) is 23.0 Å². The molecule has 1 aliphatic heterocycles. The Labute approximate surface area is 191 Å². The van der Waals surface area contributed by atoms with E-state index in [9.17, 15) is 9.90 Å². The number of aromatic nitrogens is 1. The fraction of sp³-hybridized carbons (Fsp3) is 0.480. The quantitative estimate of drug-likeness (QED) is 0.158. The van der Waals surface area contributed by atoms with E-state index in [-0.39, 0.29) is 22.9 Å². The van der Waals surface area contributed by atoms with Crippen LogP contribution in [0.25, 0.3) is 0 Å². The summed E-state index contributed by atoms with van der Waals surface area (Å²) in [4.78, 5) is 24.3. The van der Waals surface area contributed by atoms with Crippen molar-refractivity contribution in [3.63, 3.8) is 0 Å². The zero-order valence-electron chi connectivity index (χ0n) is 19.8. The van der Waals surface area contributed by atoms with Crippen LogP contribution in [0.3, 0.4) is 0 Å². The zero-order valence-corrected chi connectivity index (χ0v) is 19.8. The zero-order chi connectivity index (χ0) is 23.9. The normalized spacial score (nSPS) is 18.0. The third-order valence-corrected chi connectivity index (χ3v) is 5.00. The number of anilines is 1. The molecule has 0 spiro atoms. The average molecular weight is 438 g/mol. The number of aliphatic imine (C=N–C) groups is 1. The van der Waals surface area contributed by atoms with Crippen LogP contribution < -0.4 is 11.1 Å². The maximum absolute atomic E-state index is 13.4. The van der Waals surface area contributed by atoms with Crippen molar-refractivity contribution in [2.24, 2.45) is 10.9 Å². The molecule has 1 aliphatic rings. The number of nitrogen functional groups attached to an aromatic ring is 1. The minimum absolute atomic E-state index is 0.126. The molecule has 1 aromatic heterocycles. The molecule has 7 nitrogen and oxygen atoms in total. The van der Waals surface area contributed by atoms with Crippen LogP contribution in [0.5, 0.6) is 0 Å². The minimum Gasteiger partial charge on any atom is -0.383 e. The first-order valence-electron chi connectivity index (χ1n) is 10.9. The van der Waals surface area contributed by atoms with Gasteiger partial charge in [-0.1, -0.05) is 38.3 Å². The molecule has 172 valence electrons. The first-order chi connectivity index (χ1) is 15.0. The number of nitrogens with two attached hydrogens (primary N) is 1. The highest BCUT2D eigenvalue weighted by molar-refractivity contribution is 6.13. The third kappa shape index (κ3) is 7.33. The standard InChI is InChI=1S/C25H35N5O2/c1-7-19(10-11-25(5,6)32)22(23(31)21-9-8-12-28-24(21)26)29-18(4)30-14-13-27-20(16-30)15-17(2)3/h7-9,12,17,20,27,32H,1,13-16H2,2-6H3,(H2,26,28)/b22-19+,29-18?/t20-/m0/s1. The van der Waals surface area contributed by atoms with Gasteiger partial charge in [-0.05, 0) is 45.2 Å². The van der Waals surface area contributed by atoms with Gasteiger partial charge < -0.3 is 21.1 Å². The summed E-state index contributed by atoms with van der Waals surface area (Å²) >= 11 is 0. The molecule has 0 unspecified atom stereocenters. The van der Waals surface area contributed by atoms with Crippen molar-refractivity contribution in [3.05, 3.63) is 47.8 Å². The number of hydrogen-bond acceptors (Lipinski definition) is 6. The molecular weight excluding hydrogens is 402 g/mol. The fourth-order valence-corrected chi connectivity index (χ4v) is 3.48. The van der Waals surface area contributed by atoms with Crippen molar-refractivity contribution in [1.82, 2.24) is 15.2 Å². The number of hydrogen-bond donors (Lipinski definition) is 3. The van der Waals surface area contributed by atoms with Crippen molar-refractivity contribution in [2.45, 2.75) is 52.7 Å². The Kier molecular flexibility index (Phi) is 8.76. The Balaban J connectivity index is 2.51. The molecule has 0 bridgehead atoms. The lowest BCUT2D eigenvalue weighted by Gasteiger charge is -2.35. The van der Waals surface area contributed by atoms with E-state index in [2.05, 4.69) is 47.5 Å². The van der Waals surface area contributed by atoms with E-state index in [1.54, 1.807) is 26.0 Å². The van der Waals surface area contributed by atoms with Crippen molar-refractivity contribution in [2.75, 3.05) is 25.4 Å². The van der Waals surface area contributed by atoms with Crippen LogP contribution in [0.2, 0.25) is 0 Å². The number of aliphatic hydroxyl groups is 1. The number of amidine groups is 1. The highest BCUT2D eigenvalue weighted by Gasteiger charge is 2.23. The number of carbonyl (C=O) groups is 1. The van der Waals surface area contributed by atoms with Crippen LogP contribution in [-0.4, -0.2) is 57.9 Å². The van der Waals surface area contributed by atoms with Crippen LogP contribution in [-0.2, 0) is 0 Å². The SMILES string of the molecule is C=C/C(C#CC(C)(C)O)=C(\N=C(C)N1CCN[C@@H](CC(C)C)C1)C(=O)c1cccnc1N. The molecule has 4 N–H and O–H groups in total. The second kappa shape index (κ2) is 11.1. The van der Waals surface area contributed by atoms with Crippen molar-refractivity contribution in [3.8, 4) is 11.8 Å². The van der Waals surface area contributed by atoms with Crippen molar-refractivity contribution >= 4 is 17.4 Å². The maximum atomic E-state index is 13.4. The van der Waals surface area contributed by atoms with Gasteiger partial charge in [0.25, 0.3) is 0 Å². The highest BCUT2D eigenvalue weighted by Crippen LogP contribution is 2.20. The summed E-state index contributed by atoms with van der Waals surface area (Å²) in [5.74, 6) is 6.65. The minimum atomic E-state index is -1.23. The lowest BCUT2D eigenvalue weighted by Crippen LogP contribution is -2.52. The highest BCUT2D eigenvalue weighted by atomic mass is 16.3. The van der Waals surface area contributed by atoms with E-state index in [0.717, 1.165) is 31.9 Å². The lowest BCUT2D eigenvalue weighted by molar-refractivity contribution is 0.103. The van der Waals surface area contributed by atoms with E-state index in [4.69, 9.17) is 10.7 Å². The smallest absolute Gasteiger partial charge is 0.216 e. The molecule has 1 aromatic rings. The lowest BCUT2D eigenvalue weighted by atomic mass is 10.0. The Morgan fingerprint density at radius 2 is 2.25 bits per heavy atom. The second-order valence-electron chi connectivity index (χ2n) is 8.93. The van der Waals surface area contributed by atoms with Gasteiger partial charge in [0.2, 0.25) is 5.78 Å². The summed E-state index contributed by atoms with van der Waals surface area (Å²) < 4.78 is 0. The van der Waals surface area contributed by atoms with E-state index in [0.29, 0.717) is 17.5 Å². The fourth-order valence-electron chi connectivity index (χ4n) is 3.48. The maximum Gasteiger partial charge on any atom is 0.216 e. The van der Waals surface area contributed by atoms with Gasteiger partial charge >= 0.3 is 0 Å². The predicted molar refractivity (Wildman–Crippen MR) is 130 cm³/mol. The number of nitrogens with one attached hydrogen (secondary N) is 1. The second-order valence-corrected chi connectivity index (χ2v) is 8.93. The Morgan fingerprint density at radius 3 is 2.84 bits per heavy atom. The summed E-state index contributed by atoms with van der Waals surface area (Å²) in [6.07, 6.45) is 4.07. The summed E-state index contributed by atoms with van der Waals surface area (Å²) in [6, 6.07) is 3.63. The van der Waals surface area contributed by atoms with Crippen LogP contribution in [0.4, 0.5) is 5.82 Å². The molecule has 0 amide bonds. The van der Waals surface area contributed by atoms with Crippen molar-refractivity contribution in [1.29, 1.82) is 0 Å². The van der Waals surface area contributed by atoms with Gasteiger partial charge in [-0.3, -0.25) is 4.79 Å². The van der Waals surface area contributed by atoms with Crippen LogP contribution in [0.1, 0.15) is 51.4 Å². The van der Waals surface area contributed by atoms with E-state index < -0.39 is 5.60 Å². The predicted octanol–water partition coefficient (Wildman–Crippen LogP) is 2.80. The van der Waals surface area contributed by atoms with Gasteiger partial charge in [0.05, 0.1) is 11.1 Å². The molecule has 0 saturated carbocycles. The average Bonchev–Trinajstić information content (AvgIpc) is 2.72. The number of pyridine rings is 1. The van der Waals surface area contributed by atoms with Crippen molar-refractivity contribution < 1.29 is 9.90 Å². The Morgan fingerprint density at radius 1 is 1.53 bits per heavy atom. The number of ketones is 1. The molecule has 1 saturated heterocycles.